The highest BCUT2D eigenvalue weighted by molar-refractivity contribution is 7.86. The molecule has 0 aliphatic carbocycles. The fourth-order valence-electron chi connectivity index (χ4n) is 1.62. The molecule has 0 saturated heterocycles. The summed E-state index contributed by atoms with van der Waals surface area (Å²) in [5.74, 6) is -0.768. The van der Waals surface area contributed by atoms with Crippen LogP contribution in [-0.2, 0) is 19.7 Å². The molecule has 0 unspecified atom stereocenters. The van der Waals surface area contributed by atoms with Crippen molar-refractivity contribution >= 4 is 27.5 Å². The second-order valence-electron chi connectivity index (χ2n) is 4.22. The van der Waals surface area contributed by atoms with Gasteiger partial charge in [-0.05, 0) is 25.5 Å². The lowest BCUT2D eigenvalue weighted by Gasteiger charge is -2.12. The summed E-state index contributed by atoms with van der Waals surface area (Å²) in [6.07, 6.45) is -0.379. The van der Waals surface area contributed by atoms with Crippen LogP contribution in [0.2, 0.25) is 0 Å². The zero-order valence-corrected chi connectivity index (χ0v) is 12.1. The van der Waals surface area contributed by atoms with E-state index in [0.29, 0.717) is 5.56 Å². The minimum absolute atomic E-state index is 0.1000. The lowest BCUT2D eigenvalue weighted by molar-refractivity contribution is -0.124. The van der Waals surface area contributed by atoms with Crippen molar-refractivity contribution in [3.63, 3.8) is 0 Å². The number of amides is 1. The second-order valence-corrected chi connectivity index (χ2v) is 5.61. The van der Waals surface area contributed by atoms with Crippen molar-refractivity contribution in [1.29, 1.82) is 0 Å². The van der Waals surface area contributed by atoms with E-state index < -0.39 is 20.9 Å². The number of ether oxygens (including phenoxy) is 1. The molecule has 2 N–H and O–H groups in total. The molecule has 1 aromatic carbocycles. The largest absolute Gasteiger partial charge is 0.496 e. The quantitative estimate of drug-likeness (QED) is 0.624. The van der Waals surface area contributed by atoms with Crippen LogP contribution >= 0.6 is 0 Å². The van der Waals surface area contributed by atoms with Gasteiger partial charge in [0.25, 0.3) is 10.1 Å². The molecule has 20 heavy (non-hydrogen) atoms. The Morgan fingerprint density at radius 1 is 1.35 bits per heavy atom. The highest BCUT2D eigenvalue weighted by atomic mass is 32.2. The molecule has 0 aromatic heterocycles. The predicted molar refractivity (Wildman–Crippen MR) is 71.5 cm³/mol. The molecule has 0 aliphatic rings. The second kappa shape index (κ2) is 6.02. The molecule has 110 valence electrons. The van der Waals surface area contributed by atoms with Gasteiger partial charge in [-0.3, -0.25) is 14.1 Å². The van der Waals surface area contributed by atoms with Crippen LogP contribution in [-0.4, -0.2) is 31.8 Å². The van der Waals surface area contributed by atoms with Gasteiger partial charge >= 0.3 is 0 Å². The molecule has 0 spiro atoms. The van der Waals surface area contributed by atoms with E-state index in [9.17, 15) is 22.6 Å². The first-order chi connectivity index (χ1) is 9.15. The van der Waals surface area contributed by atoms with Crippen LogP contribution in [0.15, 0.2) is 17.0 Å². The third kappa shape index (κ3) is 4.04. The average Bonchev–Trinajstić information content (AvgIpc) is 2.26. The number of rotatable bonds is 5. The Kier molecular flexibility index (Phi) is 4.85. The number of hydrogen-bond acceptors (Lipinski definition) is 5. The molecule has 7 nitrogen and oxygen atoms in total. The van der Waals surface area contributed by atoms with Gasteiger partial charge in [0, 0.05) is 6.07 Å². The third-order valence-corrected chi connectivity index (χ3v) is 3.35. The molecule has 0 fully saturated rings. The van der Waals surface area contributed by atoms with E-state index in [0.717, 1.165) is 6.07 Å². The normalized spacial score (nSPS) is 11.0. The topological polar surface area (TPSA) is 110 Å². The number of anilines is 1. The van der Waals surface area contributed by atoms with Crippen LogP contribution in [0.3, 0.4) is 0 Å². The van der Waals surface area contributed by atoms with Gasteiger partial charge in [0.15, 0.2) is 0 Å². The third-order valence-electron chi connectivity index (χ3n) is 2.46. The van der Waals surface area contributed by atoms with E-state index in [1.165, 1.54) is 20.1 Å². The first kappa shape index (κ1) is 16.1. The number of hydrogen-bond donors (Lipinski definition) is 2. The SMILES string of the molecule is COc1cc(S(=O)(=O)O)c(NC(=O)CC(C)=O)cc1C. The van der Waals surface area contributed by atoms with Gasteiger partial charge in [-0.25, -0.2) is 0 Å². The van der Waals surface area contributed by atoms with Crippen LogP contribution < -0.4 is 10.1 Å². The van der Waals surface area contributed by atoms with Crippen LogP contribution in [0, 0.1) is 6.92 Å². The zero-order chi connectivity index (χ0) is 15.5. The first-order valence-electron chi connectivity index (χ1n) is 5.60. The molecule has 0 atom stereocenters. The molecule has 0 aliphatic heterocycles. The lowest BCUT2D eigenvalue weighted by Crippen LogP contribution is -2.17. The maximum Gasteiger partial charge on any atom is 0.296 e. The number of carbonyl (C=O) groups is 2. The summed E-state index contributed by atoms with van der Waals surface area (Å²) in [4.78, 5) is 21.9. The van der Waals surface area contributed by atoms with Crippen LogP contribution in [0.1, 0.15) is 18.9 Å². The number of aryl methyl sites for hydroxylation is 1. The standard InChI is InChI=1S/C12H15NO6S/c1-7-4-9(13-12(15)5-8(2)14)11(20(16,17)18)6-10(7)19-3/h4,6H,5H2,1-3H3,(H,13,15)(H,16,17,18). The van der Waals surface area contributed by atoms with Gasteiger partial charge in [-0.2, -0.15) is 8.42 Å². The van der Waals surface area contributed by atoms with Crippen molar-refractivity contribution in [2.24, 2.45) is 0 Å². The van der Waals surface area contributed by atoms with Crippen LogP contribution in [0.4, 0.5) is 5.69 Å². The smallest absolute Gasteiger partial charge is 0.296 e. The van der Waals surface area contributed by atoms with Crippen molar-refractivity contribution < 1.29 is 27.3 Å². The number of benzene rings is 1. The monoisotopic (exact) mass is 301 g/mol. The van der Waals surface area contributed by atoms with Gasteiger partial charge in [-0.1, -0.05) is 0 Å². The Hall–Kier alpha value is -1.93. The summed E-state index contributed by atoms with van der Waals surface area (Å²) in [7, 11) is -3.19. The Bertz CT molecular complexity index is 650. The predicted octanol–water partition coefficient (Wildman–Crippen LogP) is 1.17. The average molecular weight is 301 g/mol. The number of methoxy groups -OCH3 is 1. The zero-order valence-electron chi connectivity index (χ0n) is 11.3. The van der Waals surface area contributed by atoms with Crippen molar-refractivity contribution in [3.8, 4) is 5.75 Å². The minimum atomic E-state index is -4.54. The molecular weight excluding hydrogens is 286 g/mol. The lowest BCUT2D eigenvalue weighted by atomic mass is 10.2. The van der Waals surface area contributed by atoms with E-state index >= 15 is 0 Å². The summed E-state index contributed by atoms with van der Waals surface area (Å²) in [5.41, 5.74) is 0.468. The molecule has 1 aromatic rings. The van der Waals surface area contributed by atoms with E-state index in [-0.39, 0.29) is 23.6 Å². The fourth-order valence-corrected chi connectivity index (χ4v) is 2.26. The fraction of sp³-hybridized carbons (Fsp3) is 0.333. The minimum Gasteiger partial charge on any atom is -0.496 e. The number of nitrogens with one attached hydrogen (secondary N) is 1. The Balaban J connectivity index is 3.27. The van der Waals surface area contributed by atoms with Crippen molar-refractivity contribution in [2.45, 2.75) is 25.2 Å². The van der Waals surface area contributed by atoms with E-state index in [1.54, 1.807) is 6.92 Å². The van der Waals surface area contributed by atoms with E-state index in [2.05, 4.69) is 5.32 Å². The van der Waals surface area contributed by atoms with Crippen LogP contribution in [0.25, 0.3) is 0 Å². The van der Waals surface area contributed by atoms with Gasteiger partial charge in [-0.15, -0.1) is 0 Å². The van der Waals surface area contributed by atoms with Crippen molar-refractivity contribution in [2.75, 3.05) is 12.4 Å². The molecular formula is C12H15NO6S. The maximum absolute atomic E-state index is 11.5. The van der Waals surface area contributed by atoms with Gasteiger partial charge in [0.05, 0.1) is 19.2 Å². The van der Waals surface area contributed by atoms with Gasteiger partial charge < -0.3 is 10.1 Å². The summed E-state index contributed by atoms with van der Waals surface area (Å²) in [6.45, 7) is 2.88. The molecule has 0 saturated carbocycles. The molecule has 8 heteroatoms. The van der Waals surface area contributed by atoms with Crippen molar-refractivity contribution in [3.05, 3.63) is 17.7 Å². The first-order valence-corrected chi connectivity index (χ1v) is 7.04. The number of ketones is 1. The highest BCUT2D eigenvalue weighted by Crippen LogP contribution is 2.30. The molecule has 0 radical (unpaired) electrons. The van der Waals surface area contributed by atoms with E-state index in [1.807, 2.05) is 0 Å². The molecule has 0 bridgehead atoms. The van der Waals surface area contributed by atoms with Crippen molar-refractivity contribution in [1.82, 2.24) is 0 Å². The number of Topliss-reactive ketones (excluding diaryl/α,β-unsaturated/α-hetero) is 1. The molecule has 1 amide bonds. The summed E-state index contributed by atoms with van der Waals surface area (Å²) < 4.78 is 36.8. The van der Waals surface area contributed by atoms with Gasteiger partial charge in [0.2, 0.25) is 5.91 Å². The van der Waals surface area contributed by atoms with Crippen LogP contribution in [0.5, 0.6) is 5.75 Å². The van der Waals surface area contributed by atoms with Gasteiger partial charge in [0.1, 0.15) is 16.4 Å². The highest BCUT2D eigenvalue weighted by Gasteiger charge is 2.20. The Morgan fingerprint density at radius 2 is 1.95 bits per heavy atom. The van der Waals surface area contributed by atoms with E-state index in [4.69, 9.17) is 4.74 Å². The molecule has 0 heterocycles. The Labute approximate surface area is 116 Å². The molecule has 1 rings (SSSR count). The maximum atomic E-state index is 11.5. The summed E-state index contributed by atoms with van der Waals surface area (Å²) in [5, 5.41) is 2.29. The summed E-state index contributed by atoms with van der Waals surface area (Å²) >= 11 is 0. The summed E-state index contributed by atoms with van der Waals surface area (Å²) in [6, 6.07) is 2.45. The number of carbonyl (C=O) groups excluding carboxylic acids is 2. The Morgan fingerprint density at radius 3 is 2.40 bits per heavy atom.